The first-order chi connectivity index (χ1) is 27.6. The summed E-state index contributed by atoms with van der Waals surface area (Å²) >= 11 is 0. The summed E-state index contributed by atoms with van der Waals surface area (Å²) in [6.45, 7) is 2.53. The molecule has 11 nitrogen and oxygen atoms in total. The zero-order valence-corrected chi connectivity index (χ0v) is 35.5. The molecule has 0 radical (unpaired) electrons. The number of hydrogen-bond donors (Lipinski definition) is 3. The second kappa shape index (κ2) is 39.2. The van der Waals surface area contributed by atoms with Crippen LogP contribution in [0, 0.1) is 0 Å². The number of carboxylic acid groups (broad SMARTS) is 1. The average molecular weight is 818 g/mol. The van der Waals surface area contributed by atoms with Crippen LogP contribution in [-0.4, -0.2) is 59.9 Å². The Labute approximate surface area is 343 Å². The van der Waals surface area contributed by atoms with Crippen LogP contribution in [0.4, 0.5) is 0 Å². The Balaban J connectivity index is 4.55. The van der Waals surface area contributed by atoms with Crippen LogP contribution in [0.25, 0.3) is 0 Å². The van der Waals surface area contributed by atoms with Gasteiger partial charge in [0, 0.05) is 12.8 Å². The van der Waals surface area contributed by atoms with E-state index in [2.05, 4.69) is 103 Å². The molecule has 0 fully saturated rings. The highest BCUT2D eigenvalue weighted by Crippen LogP contribution is 2.43. The first kappa shape index (κ1) is 53.4. The van der Waals surface area contributed by atoms with E-state index in [0.29, 0.717) is 12.8 Å². The number of rotatable bonds is 37. The number of carbonyl (C=O) groups is 3. The lowest BCUT2D eigenvalue weighted by Gasteiger charge is -2.20. The molecule has 0 amide bonds. The highest BCUT2D eigenvalue weighted by atomic mass is 31.2. The Hall–Kier alpha value is -3.60. The Morgan fingerprint density at radius 2 is 1.02 bits per heavy atom. The van der Waals surface area contributed by atoms with Gasteiger partial charge in [0.05, 0.1) is 13.2 Å². The number of esters is 2. The Kier molecular flexibility index (Phi) is 36.8. The predicted octanol–water partition coefficient (Wildman–Crippen LogP) is 10.9. The third-order valence-corrected chi connectivity index (χ3v) is 9.03. The van der Waals surface area contributed by atoms with Gasteiger partial charge in [0.15, 0.2) is 6.10 Å². The molecule has 0 aliphatic rings. The predicted molar refractivity (Wildman–Crippen MR) is 230 cm³/mol. The third-order valence-electron chi connectivity index (χ3n) is 8.08. The van der Waals surface area contributed by atoms with Gasteiger partial charge in [-0.2, -0.15) is 0 Å². The zero-order valence-electron chi connectivity index (χ0n) is 34.6. The Morgan fingerprint density at radius 1 is 0.561 bits per heavy atom. The topological polar surface area (TPSA) is 172 Å². The zero-order chi connectivity index (χ0) is 42.1. The van der Waals surface area contributed by atoms with Gasteiger partial charge < -0.3 is 25.2 Å². The fourth-order valence-electron chi connectivity index (χ4n) is 4.81. The summed E-state index contributed by atoms with van der Waals surface area (Å²) in [5.41, 5.74) is 5.32. The number of allylic oxidation sites excluding steroid dienone is 16. The molecule has 0 aromatic carbocycles. The van der Waals surface area contributed by atoms with Crippen LogP contribution in [0.15, 0.2) is 97.2 Å². The molecule has 57 heavy (non-hydrogen) atoms. The van der Waals surface area contributed by atoms with Crippen molar-refractivity contribution in [2.24, 2.45) is 5.73 Å². The SMILES string of the molecule is CC/C=C\C/C=C\C/C=C\C/C=C\C/C=C\C/C=C\CCC(=O)OC[C@H](COP(=O)(O)OC[C@H](N)C(=O)O)OC(=O)CCCCCCC/C=C\C/C=C\CCCC. The van der Waals surface area contributed by atoms with Crippen molar-refractivity contribution >= 4 is 25.7 Å². The summed E-state index contributed by atoms with van der Waals surface area (Å²) < 4.78 is 32.5. The van der Waals surface area contributed by atoms with E-state index in [1.165, 1.54) is 12.8 Å². The minimum atomic E-state index is -4.74. The molecule has 0 heterocycles. The van der Waals surface area contributed by atoms with E-state index in [-0.39, 0.29) is 12.8 Å². The van der Waals surface area contributed by atoms with Gasteiger partial charge in [0.25, 0.3) is 0 Å². The van der Waals surface area contributed by atoms with Crippen molar-refractivity contribution in [1.82, 2.24) is 0 Å². The maximum Gasteiger partial charge on any atom is 0.472 e. The second-order valence-electron chi connectivity index (χ2n) is 13.4. The molecule has 0 rings (SSSR count). The number of ether oxygens (including phenoxy) is 2. The fourth-order valence-corrected chi connectivity index (χ4v) is 5.59. The lowest BCUT2D eigenvalue weighted by Crippen LogP contribution is -2.34. The smallest absolute Gasteiger partial charge is 0.472 e. The monoisotopic (exact) mass is 817 g/mol. The highest BCUT2D eigenvalue weighted by Gasteiger charge is 2.28. The molecule has 0 bridgehead atoms. The van der Waals surface area contributed by atoms with Crippen molar-refractivity contribution in [1.29, 1.82) is 0 Å². The van der Waals surface area contributed by atoms with Crippen LogP contribution in [0.3, 0.4) is 0 Å². The summed E-state index contributed by atoms with van der Waals surface area (Å²) in [5, 5.41) is 8.88. The highest BCUT2D eigenvalue weighted by molar-refractivity contribution is 7.47. The normalized spacial score (nSPS) is 14.7. The van der Waals surface area contributed by atoms with E-state index < -0.39 is 57.7 Å². The standard InChI is InChI=1S/C45H72NO10P/c1-3-5-7-9-11-13-15-17-19-20-21-22-23-25-26-28-30-32-34-36-43(47)53-38-41(39-54-57(51,52)55-40-42(46)45(49)50)56-44(48)37-35-33-31-29-27-24-18-16-14-12-10-8-6-4-2/h5,7,10-13,16-19,21-22,25-26,30,32,41-42H,3-4,6,8-9,14-15,20,23-24,27-29,31,33-40,46H2,1-2H3,(H,49,50)(H,51,52)/b7-5-,12-10-,13-11-,18-16-,19-17-,22-21-,26-25-,32-30-/t41-,42+/m1/s1. The summed E-state index contributed by atoms with van der Waals surface area (Å²) in [4.78, 5) is 45.9. The summed E-state index contributed by atoms with van der Waals surface area (Å²) in [7, 11) is -4.74. The molecule has 12 heteroatoms. The van der Waals surface area contributed by atoms with Gasteiger partial charge in [-0.25, -0.2) is 4.57 Å². The van der Waals surface area contributed by atoms with Gasteiger partial charge in [-0.3, -0.25) is 23.4 Å². The molecule has 0 aromatic rings. The van der Waals surface area contributed by atoms with Gasteiger partial charge in [-0.1, -0.05) is 143 Å². The molecule has 322 valence electrons. The molecular weight excluding hydrogens is 745 g/mol. The summed E-state index contributed by atoms with van der Waals surface area (Å²) in [5.74, 6) is -2.52. The summed E-state index contributed by atoms with van der Waals surface area (Å²) in [6, 6.07) is -1.54. The van der Waals surface area contributed by atoms with Gasteiger partial charge in [-0.15, -0.1) is 0 Å². The maximum atomic E-state index is 12.6. The van der Waals surface area contributed by atoms with Crippen molar-refractivity contribution in [3.8, 4) is 0 Å². The molecule has 0 aromatic heterocycles. The van der Waals surface area contributed by atoms with Gasteiger partial charge in [0.1, 0.15) is 12.6 Å². The van der Waals surface area contributed by atoms with E-state index in [1.54, 1.807) is 0 Å². The fraction of sp³-hybridized carbons (Fsp3) is 0.578. The first-order valence-corrected chi connectivity index (χ1v) is 22.3. The molecule has 0 saturated heterocycles. The van der Waals surface area contributed by atoms with Crippen molar-refractivity contribution in [2.75, 3.05) is 19.8 Å². The molecular formula is C45H72NO10P. The number of nitrogens with two attached hydrogens (primary N) is 1. The largest absolute Gasteiger partial charge is 0.480 e. The molecule has 0 aliphatic carbocycles. The van der Waals surface area contributed by atoms with Crippen LogP contribution in [0.2, 0.25) is 0 Å². The molecule has 1 unspecified atom stereocenters. The van der Waals surface area contributed by atoms with Gasteiger partial charge in [0.2, 0.25) is 0 Å². The minimum Gasteiger partial charge on any atom is -0.480 e. The molecule has 0 aliphatic heterocycles. The number of phosphoric acid groups is 1. The van der Waals surface area contributed by atoms with Crippen LogP contribution >= 0.6 is 7.82 Å². The number of carbonyl (C=O) groups excluding carboxylic acids is 2. The number of phosphoric ester groups is 1. The van der Waals surface area contributed by atoms with E-state index in [1.807, 2.05) is 12.2 Å². The lowest BCUT2D eigenvalue weighted by molar-refractivity contribution is -0.161. The molecule has 0 saturated carbocycles. The summed E-state index contributed by atoms with van der Waals surface area (Å²) in [6.07, 6.45) is 49.2. The molecule has 0 spiro atoms. The van der Waals surface area contributed by atoms with Crippen molar-refractivity contribution in [2.45, 2.75) is 148 Å². The van der Waals surface area contributed by atoms with E-state index in [4.69, 9.17) is 24.8 Å². The number of carboxylic acids is 1. The minimum absolute atomic E-state index is 0.0876. The number of aliphatic carboxylic acids is 1. The maximum absolute atomic E-state index is 12.6. The van der Waals surface area contributed by atoms with E-state index in [0.717, 1.165) is 83.5 Å². The Bertz CT molecular complexity index is 1330. The average Bonchev–Trinajstić information content (AvgIpc) is 3.19. The molecule has 4 N–H and O–H groups in total. The second-order valence-corrected chi connectivity index (χ2v) is 14.8. The lowest BCUT2D eigenvalue weighted by atomic mass is 10.1. The van der Waals surface area contributed by atoms with E-state index >= 15 is 0 Å². The van der Waals surface area contributed by atoms with Crippen LogP contribution in [0.1, 0.15) is 136 Å². The van der Waals surface area contributed by atoms with Crippen molar-refractivity contribution in [3.05, 3.63) is 97.2 Å². The van der Waals surface area contributed by atoms with Gasteiger partial charge in [-0.05, 0) is 77.0 Å². The molecule has 3 atom stereocenters. The van der Waals surface area contributed by atoms with E-state index in [9.17, 15) is 23.8 Å². The van der Waals surface area contributed by atoms with Crippen LogP contribution in [0.5, 0.6) is 0 Å². The van der Waals surface area contributed by atoms with Crippen LogP contribution in [-0.2, 0) is 37.5 Å². The third kappa shape index (κ3) is 39.0. The van der Waals surface area contributed by atoms with Crippen molar-refractivity contribution < 1.29 is 47.5 Å². The van der Waals surface area contributed by atoms with Crippen molar-refractivity contribution in [3.63, 3.8) is 0 Å². The van der Waals surface area contributed by atoms with Gasteiger partial charge >= 0.3 is 25.7 Å². The number of hydrogen-bond acceptors (Lipinski definition) is 9. The quantitative estimate of drug-likeness (QED) is 0.0236. The number of unbranched alkanes of at least 4 members (excludes halogenated alkanes) is 7. The first-order valence-electron chi connectivity index (χ1n) is 20.8. The Morgan fingerprint density at radius 3 is 1.54 bits per heavy atom. The van der Waals surface area contributed by atoms with Crippen LogP contribution < -0.4 is 5.73 Å².